The summed E-state index contributed by atoms with van der Waals surface area (Å²) in [6.07, 6.45) is 3.98. The van der Waals surface area contributed by atoms with Crippen LogP contribution in [0.1, 0.15) is 38.1 Å². The average Bonchev–Trinajstić information content (AvgIpc) is 2.76. The van der Waals surface area contributed by atoms with Gasteiger partial charge >= 0.3 is 0 Å². The number of hydrogen-bond acceptors (Lipinski definition) is 3. The predicted molar refractivity (Wildman–Crippen MR) is 80.5 cm³/mol. The topological polar surface area (TPSA) is 33.1 Å². The number of thiazole rings is 1. The summed E-state index contributed by atoms with van der Waals surface area (Å²) in [4.78, 5) is 4.67. The first-order valence-electron chi connectivity index (χ1n) is 7.14. The minimum Gasteiger partial charge on any atom is -0.389 e. The summed E-state index contributed by atoms with van der Waals surface area (Å²) < 4.78 is 1.22. The van der Waals surface area contributed by atoms with E-state index in [1.165, 1.54) is 11.1 Å². The largest absolute Gasteiger partial charge is 0.389 e. The van der Waals surface area contributed by atoms with Gasteiger partial charge in [0, 0.05) is 6.42 Å². The number of aromatic nitrogens is 1. The minimum atomic E-state index is -0.564. The zero-order chi connectivity index (χ0) is 13.5. The van der Waals surface area contributed by atoms with E-state index < -0.39 is 5.60 Å². The molecule has 3 atom stereocenters. The van der Waals surface area contributed by atoms with Crippen LogP contribution in [0, 0.1) is 11.8 Å². The standard InChI is InChI=1S/C16H21NOS/c1-11-7-8-12(2)16(18,9-11)10-15-17-13-5-3-4-6-14(13)19-15/h3-6,11-12,18H,7-10H2,1-2H3. The van der Waals surface area contributed by atoms with Gasteiger partial charge in [0.2, 0.25) is 0 Å². The lowest BCUT2D eigenvalue weighted by atomic mass is 9.70. The lowest BCUT2D eigenvalue weighted by Crippen LogP contribution is -2.43. The summed E-state index contributed by atoms with van der Waals surface area (Å²) in [5, 5.41) is 12.0. The molecule has 1 aromatic heterocycles. The van der Waals surface area contributed by atoms with E-state index in [-0.39, 0.29) is 0 Å². The summed E-state index contributed by atoms with van der Waals surface area (Å²) in [6, 6.07) is 8.22. The van der Waals surface area contributed by atoms with Crippen molar-refractivity contribution in [3.63, 3.8) is 0 Å². The van der Waals surface area contributed by atoms with E-state index in [4.69, 9.17) is 0 Å². The highest BCUT2D eigenvalue weighted by molar-refractivity contribution is 7.18. The van der Waals surface area contributed by atoms with E-state index in [0.29, 0.717) is 18.3 Å². The molecule has 1 aliphatic carbocycles. The highest BCUT2D eigenvalue weighted by Crippen LogP contribution is 2.40. The molecule has 1 N–H and O–H groups in total. The van der Waals surface area contributed by atoms with E-state index in [9.17, 15) is 5.11 Å². The molecule has 3 rings (SSSR count). The number of nitrogens with zero attached hydrogens (tertiary/aromatic N) is 1. The smallest absolute Gasteiger partial charge is 0.0967 e. The highest BCUT2D eigenvalue weighted by atomic mass is 32.1. The maximum Gasteiger partial charge on any atom is 0.0967 e. The average molecular weight is 275 g/mol. The third kappa shape index (κ3) is 2.54. The van der Waals surface area contributed by atoms with Crippen molar-refractivity contribution in [2.45, 2.75) is 45.1 Å². The molecule has 19 heavy (non-hydrogen) atoms. The van der Waals surface area contributed by atoms with Crippen LogP contribution in [0.4, 0.5) is 0 Å². The molecule has 1 aliphatic rings. The van der Waals surface area contributed by atoms with Crippen LogP contribution < -0.4 is 0 Å². The molecule has 1 heterocycles. The molecule has 0 bridgehead atoms. The zero-order valence-corrected chi connectivity index (χ0v) is 12.4. The predicted octanol–water partition coefficient (Wildman–Crippen LogP) is 4.03. The quantitative estimate of drug-likeness (QED) is 0.897. The van der Waals surface area contributed by atoms with Crippen molar-refractivity contribution < 1.29 is 5.11 Å². The Hall–Kier alpha value is -0.930. The number of fused-ring (bicyclic) bond motifs is 1. The summed E-state index contributed by atoms with van der Waals surface area (Å²) in [7, 11) is 0. The molecule has 1 fully saturated rings. The normalized spacial score (nSPS) is 31.7. The van der Waals surface area contributed by atoms with Gasteiger partial charge in [0.05, 0.1) is 20.8 Å². The fourth-order valence-electron chi connectivity index (χ4n) is 3.21. The van der Waals surface area contributed by atoms with Crippen LogP contribution >= 0.6 is 11.3 Å². The Kier molecular flexibility index (Phi) is 3.35. The van der Waals surface area contributed by atoms with Gasteiger partial charge in [0.25, 0.3) is 0 Å². The molecule has 1 aromatic carbocycles. The van der Waals surface area contributed by atoms with Gasteiger partial charge in [0.1, 0.15) is 0 Å². The first-order valence-corrected chi connectivity index (χ1v) is 7.95. The third-order valence-corrected chi connectivity index (χ3v) is 5.54. The fourth-order valence-corrected chi connectivity index (χ4v) is 4.30. The molecule has 0 aliphatic heterocycles. The summed E-state index contributed by atoms with van der Waals surface area (Å²) in [5.41, 5.74) is 0.494. The van der Waals surface area contributed by atoms with Crippen molar-refractivity contribution in [2.75, 3.05) is 0 Å². The maximum atomic E-state index is 11.0. The maximum absolute atomic E-state index is 11.0. The molecule has 3 unspecified atom stereocenters. The number of hydrogen-bond donors (Lipinski definition) is 1. The van der Waals surface area contributed by atoms with E-state index >= 15 is 0 Å². The second-order valence-electron chi connectivity index (χ2n) is 6.14. The second kappa shape index (κ2) is 4.88. The molecule has 0 saturated heterocycles. The van der Waals surface area contributed by atoms with Crippen molar-refractivity contribution in [3.8, 4) is 0 Å². The Morgan fingerprint density at radius 1 is 1.32 bits per heavy atom. The summed E-state index contributed by atoms with van der Waals surface area (Å²) >= 11 is 1.72. The van der Waals surface area contributed by atoms with Gasteiger partial charge in [0.15, 0.2) is 0 Å². The lowest BCUT2D eigenvalue weighted by molar-refractivity contribution is -0.0560. The van der Waals surface area contributed by atoms with E-state index in [2.05, 4.69) is 24.9 Å². The van der Waals surface area contributed by atoms with Crippen LogP contribution in [0.25, 0.3) is 10.2 Å². The van der Waals surface area contributed by atoms with Crippen molar-refractivity contribution in [3.05, 3.63) is 29.3 Å². The van der Waals surface area contributed by atoms with Crippen LogP contribution in [-0.2, 0) is 6.42 Å². The first-order chi connectivity index (χ1) is 9.07. The van der Waals surface area contributed by atoms with Gasteiger partial charge < -0.3 is 5.11 Å². The first kappa shape index (κ1) is 13.1. The molecular formula is C16H21NOS. The number of para-hydroxylation sites is 1. The Bertz CT molecular complexity index is 546. The molecule has 1 saturated carbocycles. The van der Waals surface area contributed by atoms with Gasteiger partial charge in [-0.05, 0) is 36.8 Å². The van der Waals surface area contributed by atoms with E-state index in [1.54, 1.807) is 11.3 Å². The van der Waals surface area contributed by atoms with Crippen molar-refractivity contribution in [1.82, 2.24) is 4.98 Å². The van der Waals surface area contributed by atoms with Crippen LogP contribution in [0.3, 0.4) is 0 Å². The molecular weight excluding hydrogens is 254 g/mol. The number of rotatable bonds is 2. The summed E-state index contributed by atoms with van der Waals surface area (Å²) in [6.45, 7) is 4.43. The highest BCUT2D eigenvalue weighted by Gasteiger charge is 2.39. The monoisotopic (exact) mass is 275 g/mol. The molecule has 102 valence electrons. The van der Waals surface area contributed by atoms with Crippen molar-refractivity contribution in [1.29, 1.82) is 0 Å². The molecule has 0 amide bonds. The van der Waals surface area contributed by atoms with Crippen LogP contribution in [0.2, 0.25) is 0 Å². The van der Waals surface area contributed by atoms with Crippen LogP contribution in [0.5, 0.6) is 0 Å². The molecule has 3 heteroatoms. The lowest BCUT2D eigenvalue weighted by Gasteiger charge is -2.40. The minimum absolute atomic E-state index is 0.371. The second-order valence-corrected chi connectivity index (χ2v) is 7.26. The fraction of sp³-hybridized carbons (Fsp3) is 0.562. The van der Waals surface area contributed by atoms with Gasteiger partial charge in [-0.2, -0.15) is 0 Å². The molecule has 0 radical (unpaired) electrons. The number of benzene rings is 1. The number of aliphatic hydroxyl groups is 1. The molecule has 2 nitrogen and oxygen atoms in total. The zero-order valence-electron chi connectivity index (χ0n) is 11.6. The molecule has 0 spiro atoms. The Morgan fingerprint density at radius 2 is 2.11 bits per heavy atom. The Morgan fingerprint density at radius 3 is 2.89 bits per heavy atom. The van der Waals surface area contributed by atoms with Gasteiger partial charge in [-0.25, -0.2) is 4.98 Å². The molecule has 2 aromatic rings. The van der Waals surface area contributed by atoms with Crippen LogP contribution in [0.15, 0.2) is 24.3 Å². The van der Waals surface area contributed by atoms with Crippen LogP contribution in [-0.4, -0.2) is 15.7 Å². The van der Waals surface area contributed by atoms with Gasteiger partial charge in [-0.1, -0.05) is 32.4 Å². The third-order valence-electron chi connectivity index (χ3n) is 4.51. The van der Waals surface area contributed by atoms with E-state index in [1.807, 2.05) is 18.2 Å². The van der Waals surface area contributed by atoms with Gasteiger partial charge in [-0.3, -0.25) is 0 Å². The Labute approximate surface area is 118 Å². The summed E-state index contributed by atoms with van der Waals surface area (Å²) in [5.74, 6) is 0.992. The SMILES string of the molecule is CC1CCC(C)C(O)(Cc2nc3ccccc3s2)C1. The van der Waals surface area contributed by atoms with Crippen molar-refractivity contribution >= 4 is 21.6 Å². The van der Waals surface area contributed by atoms with E-state index in [0.717, 1.165) is 23.4 Å². The van der Waals surface area contributed by atoms with Gasteiger partial charge in [-0.15, -0.1) is 11.3 Å². The van der Waals surface area contributed by atoms with Crippen molar-refractivity contribution in [2.24, 2.45) is 11.8 Å². The Balaban J connectivity index is 1.86.